The highest BCUT2D eigenvalue weighted by Gasteiger charge is 2.45. The fourth-order valence-corrected chi connectivity index (χ4v) is 7.28. The Balaban J connectivity index is 1.33. The van der Waals surface area contributed by atoms with Gasteiger partial charge in [0.2, 0.25) is 5.75 Å². The molecule has 3 heterocycles. The highest BCUT2D eigenvalue weighted by molar-refractivity contribution is 5.68. The summed E-state index contributed by atoms with van der Waals surface area (Å²) in [7, 11) is 1.45. The van der Waals surface area contributed by atoms with Gasteiger partial charge in [0.05, 0.1) is 37.7 Å². The minimum absolute atomic E-state index is 0.0654. The number of rotatable bonds is 14. The lowest BCUT2D eigenvalue weighted by molar-refractivity contribution is -0.141. The predicted octanol–water partition coefficient (Wildman–Crippen LogP) is 3.35. The van der Waals surface area contributed by atoms with Crippen LogP contribution in [-0.2, 0) is 16.0 Å². The lowest BCUT2D eigenvalue weighted by Crippen LogP contribution is -2.57. The van der Waals surface area contributed by atoms with Crippen molar-refractivity contribution in [3.05, 3.63) is 65.0 Å². The van der Waals surface area contributed by atoms with E-state index in [1.165, 1.54) is 13.2 Å². The quantitative estimate of drug-likeness (QED) is 0.135. The number of benzene rings is 2. The fraction of sp³-hybridized carbons (Fsp3) is 0.528. The number of allylic oxidation sites excluding steroid dienone is 2. The van der Waals surface area contributed by atoms with Gasteiger partial charge >= 0.3 is 5.97 Å². The summed E-state index contributed by atoms with van der Waals surface area (Å²) in [6, 6.07) is 8.10. The Morgan fingerprint density at radius 3 is 2.65 bits per heavy atom. The van der Waals surface area contributed by atoms with E-state index in [9.17, 15) is 25.2 Å². The van der Waals surface area contributed by atoms with Gasteiger partial charge in [-0.2, -0.15) is 0 Å². The average molecular weight is 684 g/mol. The number of aryl methyl sites for hydroxylation is 1. The van der Waals surface area contributed by atoms with E-state index in [0.717, 1.165) is 17.6 Å². The van der Waals surface area contributed by atoms with Crippen molar-refractivity contribution in [3.63, 3.8) is 0 Å². The number of aromatic hydroxyl groups is 2. The van der Waals surface area contributed by atoms with Gasteiger partial charge in [0.25, 0.3) is 0 Å². The van der Waals surface area contributed by atoms with Crippen LogP contribution in [0.5, 0.6) is 28.7 Å². The van der Waals surface area contributed by atoms with E-state index >= 15 is 0 Å². The van der Waals surface area contributed by atoms with Gasteiger partial charge in [0.15, 0.2) is 29.8 Å². The highest BCUT2D eigenvalue weighted by atomic mass is 16.6. The minimum Gasteiger partial charge on any atom is -0.504 e. The molecule has 0 saturated carbocycles. The lowest BCUT2D eigenvalue weighted by atomic mass is 9.66. The first kappa shape index (κ1) is 36.1. The molecule has 2 aromatic rings. The SMILES string of the molecule is COc1cc(C2CC(O)CC(CCc3ccc(O)c(OCO)c3)O2)cc(OCC2NC(C)CCC2(CC(=O)O)CC2=CCNC(N)=C2)c1O. The maximum Gasteiger partial charge on any atom is 0.303 e. The first-order valence-electron chi connectivity index (χ1n) is 16.8. The normalized spacial score (nSPS) is 27.0. The molecule has 2 aromatic carbocycles. The van der Waals surface area contributed by atoms with Crippen molar-refractivity contribution < 1.29 is 49.3 Å². The van der Waals surface area contributed by atoms with Gasteiger partial charge in [-0.3, -0.25) is 4.79 Å². The molecule has 2 saturated heterocycles. The third-order valence-electron chi connectivity index (χ3n) is 9.81. The van der Waals surface area contributed by atoms with Gasteiger partial charge in [-0.25, -0.2) is 0 Å². The van der Waals surface area contributed by atoms with E-state index < -0.39 is 30.4 Å². The van der Waals surface area contributed by atoms with E-state index in [2.05, 4.69) is 17.6 Å². The number of hydrogen-bond donors (Lipinski definition) is 8. The molecule has 6 atom stereocenters. The van der Waals surface area contributed by atoms with Crippen LogP contribution in [-0.4, -0.2) is 82.8 Å². The van der Waals surface area contributed by atoms with Crippen LogP contribution in [0, 0.1) is 5.41 Å². The Bertz CT molecular complexity index is 1530. The lowest BCUT2D eigenvalue weighted by Gasteiger charge is -2.46. The monoisotopic (exact) mass is 683 g/mol. The van der Waals surface area contributed by atoms with Crippen molar-refractivity contribution in [3.8, 4) is 28.7 Å². The van der Waals surface area contributed by atoms with Gasteiger partial charge in [-0.1, -0.05) is 12.1 Å². The molecule has 0 aliphatic carbocycles. The molecule has 3 aliphatic rings. The second-order valence-electron chi connectivity index (χ2n) is 13.4. The van der Waals surface area contributed by atoms with Crippen molar-refractivity contribution in [1.82, 2.24) is 10.6 Å². The number of hydrogen-bond acceptors (Lipinski definition) is 12. The van der Waals surface area contributed by atoms with Crippen molar-refractivity contribution in [1.29, 1.82) is 0 Å². The highest BCUT2D eigenvalue weighted by Crippen LogP contribution is 2.46. The zero-order valence-electron chi connectivity index (χ0n) is 28.1. The van der Waals surface area contributed by atoms with E-state index in [1.807, 2.05) is 12.2 Å². The Morgan fingerprint density at radius 1 is 1.12 bits per heavy atom. The largest absolute Gasteiger partial charge is 0.504 e. The first-order valence-corrected chi connectivity index (χ1v) is 16.8. The molecular weight excluding hydrogens is 634 g/mol. The third-order valence-corrected chi connectivity index (χ3v) is 9.81. The van der Waals surface area contributed by atoms with Crippen molar-refractivity contribution in [2.24, 2.45) is 11.1 Å². The summed E-state index contributed by atoms with van der Waals surface area (Å²) in [5.74, 6) is -0.0529. The molecule has 6 unspecified atom stereocenters. The second-order valence-corrected chi connectivity index (χ2v) is 13.4. The summed E-state index contributed by atoms with van der Waals surface area (Å²) in [5.41, 5.74) is 7.88. The molecule has 13 heteroatoms. The van der Waals surface area contributed by atoms with Gasteiger partial charge in [0.1, 0.15) is 6.61 Å². The Morgan fingerprint density at radius 2 is 1.92 bits per heavy atom. The number of aliphatic hydroxyl groups excluding tert-OH is 2. The number of piperidine rings is 1. The van der Waals surface area contributed by atoms with Gasteiger partial charge < -0.3 is 60.8 Å². The van der Waals surface area contributed by atoms with Crippen LogP contribution in [0.25, 0.3) is 0 Å². The number of dihydropyridines is 1. The number of carboxylic acids is 1. The summed E-state index contributed by atoms with van der Waals surface area (Å²) in [5, 5.41) is 57.7. The standard InChI is InChI=1S/C36H49N3O10/c1-21-7-9-36(18-34(43)44,17-23-8-10-38-33(37)12-23)32(39-21)19-47-31-14-24(13-30(46-2)35(31)45)28-16-25(41)15-26(49-28)5-3-22-4-6-27(42)29(11-22)48-20-40/h4,6,8,11-14,21,25-26,28,32,38-42,45H,3,5,7,9-10,15-20,37H2,1-2H3,(H,43,44). The number of aliphatic carboxylic acids is 1. The molecule has 3 aliphatic heterocycles. The number of carboxylic acid groups (broad SMARTS) is 1. The van der Waals surface area contributed by atoms with Crippen LogP contribution in [0.3, 0.4) is 0 Å². The molecule has 49 heavy (non-hydrogen) atoms. The molecule has 13 nitrogen and oxygen atoms in total. The summed E-state index contributed by atoms with van der Waals surface area (Å²) in [6.45, 7) is 2.17. The zero-order chi connectivity index (χ0) is 35.1. The molecule has 9 N–H and O–H groups in total. The van der Waals surface area contributed by atoms with E-state index in [4.69, 9.17) is 29.8 Å². The molecular formula is C36H49N3O10. The smallest absolute Gasteiger partial charge is 0.303 e. The third kappa shape index (κ3) is 9.09. The van der Waals surface area contributed by atoms with Gasteiger partial charge in [-0.15, -0.1) is 0 Å². The van der Waals surface area contributed by atoms with E-state index in [0.29, 0.717) is 56.5 Å². The summed E-state index contributed by atoms with van der Waals surface area (Å²) in [4.78, 5) is 12.2. The number of carbonyl (C=O) groups is 1. The average Bonchev–Trinajstić information content (AvgIpc) is 3.05. The Labute approximate surface area is 286 Å². The number of methoxy groups -OCH3 is 1. The van der Waals surface area contributed by atoms with E-state index in [1.54, 1.807) is 24.3 Å². The van der Waals surface area contributed by atoms with Crippen LogP contribution < -0.4 is 30.6 Å². The molecule has 0 bridgehead atoms. The minimum atomic E-state index is -0.897. The van der Waals surface area contributed by atoms with Crippen LogP contribution in [0.2, 0.25) is 0 Å². The van der Waals surface area contributed by atoms with Gasteiger partial charge in [0, 0.05) is 30.5 Å². The maximum atomic E-state index is 12.2. The van der Waals surface area contributed by atoms with Crippen molar-refractivity contribution in [2.75, 3.05) is 27.1 Å². The topological polar surface area (TPSA) is 205 Å². The van der Waals surface area contributed by atoms with Crippen LogP contribution in [0.4, 0.5) is 0 Å². The number of phenolic OH excluding ortho intramolecular Hbond substituents is 2. The number of aliphatic hydroxyl groups is 2. The first-order chi connectivity index (χ1) is 23.5. The van der Waals surface area contributed by atoms with Crippen LogP contribution >= 0.6 is 0 Å². The molecule has 2 fully saturated rings. The van der Waals surface area contributed by atoms with Gasteiger partial charge in [-0.05, 0) is 92.5 Å². The second kappa shape index (κ2) is 16.0. The Hall–Kier alpha value is -4.17. The zero-order valence-corrected chi connectivity index (χ0v) is 28.1. The molecule has 5 rings (SSSR count). The van der Waals surface area contributed by atoms with E-state index in [-0.39, 0.29) is 60.0 Å². The van der Waals surface area contributed by atoms with Crippen LogP contribution in [0.1, 0.15) is 69.1 Å². The summed E-state index contributed by atoms with van der Waals surface area (Å²) in [6.07, 6.45) is 6.30. The number of ether oxygens (including phenoxy) is 4. The number of nitrogens with one attached hydrogen (secondary N) is 2. The molecule has 0 radical (unpaired) electrons. The van der Waals surface area contributed by atoms with Crippen molar-refractivity contribution in [2.45, 2.75) is 88.7 Å². The molecule has 268 valence electrons. The molecule has 0 aromatic heterocycles. The Kier molecular flexibility index (Phi) is 11.8. The van der Waals surface area contributed by atoms with Crippen molar-refractivity contribution >= 4 is 5.97 Å². The predicted molar refractivity (Wildman–Crippen MR) is 180 cm³/mol. The summed E-state index contributed by atoms with van der Waals surface area (Å²) < 4.78 is 23.4. The molecule has 0 spiro atoms. The number of phenols is 2. The molecule has 0 amide bonds. The fourth-order valence-electron chi connectivity index (χ4n) is 7.28. The number of nitrogens with two attached hydrogens (primary N) is 1. The summed E-state index contributed by atoms with van der Waals surface area (Å²) >= 11 is 0. The van der Waals surface area contributed by atoms with Crippen LogP contribution in [0.15, 0.2) is 53.9 Å². The maximum absolute atomic E-state index is 12.2.